The van der Waals surface area contributed by atoms with Crippen LogP contribution in [0.4, 0.5) is 0 Å². The minimum Gasteiger partial charge on any atom is -0.363 e. The van der Waals surface area contributed by atoms with Gasteiger partial charge in [0.15, 0.2) is 0 Å². The van der Waals surface area contributed by atoms with Crippen molar-refractivity contribution in [2.75, 3.05) is 19.6 Å². The molecule has 0 spiro atoms. The topological polar surface area (TPSA) is 9.72 Å². The van der Waals surface area contributed by atoms with Gasteiger partial charge in [0.2, 0.25) is 0 Å². The lowest BCUT2D eigenvalue weighted by molar-refractivity contribution is 0.415. The molecule has 17 heavy (non-hydrogen) atoms. The van der Waals surface area contributed by atoms with Crippen molar-refractivity contribution in [1.82, 2.24) is 14.2 Å². The summed E-state index contributed by atoms with van der Waals surface area (Å²) < 4.78 is 7.78. The molecule has 1 aliphatic heterocycles. The summed E-state index contributed by atoms with van der Waals surface area (Å²) in [6, 6.07) is 0. The fourth-order valence-electron chi connectivity index (χ4n) is 2.58. The quantitative estimate of drug-likeness (QED) is 0.597. The maximum Gasteiger partial charge on any atom is 0.270 e. The van der Waals surface area contributed by atoms with Crippen molar-refractivity contribution >= 4 is 22.6 Å². The van der Waals surface area contributed by atoms with Gasteiger partial charge in [-0.05, 0) is 38.4 Å². The first-order valence-electron chi connectivity index (χ1n) is 7.36. The Morgan fingerprint density at radius 2 is 1.29 bits per heavy atom. The van der Waals surface area contributed by atoms with E-state index >= 15 is 0 Å². The van der Waals surface area contributed by atoms with E-state index in [2.05, 4.69) is 41.9 Å². The fraction of sp³-hybridized carbons (Fsp3) is 1.00. The summed E-state index contributed by atoms with van der Waals surface area (Å²) in [6.07, 6.45) is 3.81. The molecule has 0 bridgehead atoms. The van der Waals surface area contributed by atoms with E-state index in [1.807, 2.05) is 0 Å². The summed E-state index contributed by atoms with van der Waals surface area (Å²) in [7, 11) is 3.50. The Balaban J connectivity index is 2.45. The molecule has 0 N–H and O–H groups in total. The molecule has 1 fully saturated rings. The SMILES string of the molecule is CCCN1BN(CCC)BN(CC(C)CC)B1. The molecule has 0 aromatic rings. The summed E-state index contributed by atoms with van der Waals surface area (Å²) in [5.41, 5.74) is 0. The number of hydrogen-bond donors (Lipinski definition) is 0. The minimum atomic E-state index is 0.819. The van der Waals surface area contributed by atoms with Crippen molar-refractivity contribution < 1.29 is 0 Å². The third-order valence-electron chi connectivity index (χ3n) is 3.55. The first-order valence-corrected chi connectivity index (χ1v) is 7.36. The molecular formula is C11H28B3N3. The van der Waals surface area contributed by atoms with E-state index in [9.17, 15) is 0 Å². The third kappa shape index (κ3) is 5.49. The van der Waals surface area contributed by atoms with Gasteiger partial charge in [0, 0.05) is 0 Å². The van der Waals surface area contributed by atoms with E-state index in [1.165, 1.54) is 61.5 Å². The maximum absolute atomic E-state index is 2.61. The van der Waals surface area contributed by atoms with Crippen LogP contribution in [-0.4, -0.2) is 56.4 Å². The van der Waals surface area contributed by atoms with E-state index in [0.29, 0.717) is 0 Å². The lowest BCUT2D eigenvalue weighted by atomic mass is 9.73. The fourth-order valence-corrected chi connectivity index (χ4v) is 2.58. The Kier molecular flexibility index (Phi) is 7.32. The van der Waals surface area contributed by atoms with Crippen molar-refractivity contribution in [2.24, 2.45) is 5.92 Å². The average molecular weight is 235 g/mol. The van der Waals surface area contributed by atoms with E-state index in [4.69, 9.17) is 0 Å². The zero-order valence-corrected chi connectivity index (χ0v) is 12.3. The van der Waals surface area contributed by atoms with Gasteiger partial charge in [-0.15, -0.1) is 0 Å². The van der Waals surface area contributed by atoms with Gasteiger partial charge in [-0.2, -0.15) is 0 Å². The Labute approximate surface area is 110 Å². The third-order valence-corrected chi connectivity index (χ3v) is 3.55. The van der Waals surface area contributed by atoms with Gasteiger partial charge in [-0.3, -0.25) is 0 Å². The lowest BCUT2D eigenvalue weighted by Crippen LogP contribution is -2.62. The van der Waals surface area contributed by atoms with Gasteiger partial charge in [0.1, 0.15) is 0 Å². The van der Waals surface area contributed by atoms with Gasteiger partial charge in [0.25, 0.3) is 22.6 Å². The number of rotatable bonds is 7. The molecule has 1 rings (SSSR count). The second-order valence-electron chi connectivity index (χ2n) is 5.58. The largest absolute Gasteiger partial charge is 0.363 e. The molecule has 1 heterocycles. The van der Waals surface area contributed by atoms with Crippen LogP contribution in [0.1, 0.15) is 47.0 Å². The maximum atomic E-state index is 2.61. The van der Waals surface area contributed by atoms with Crippen LogP contribution in [0, 0.1) is 5.92 Å². The molecule has 6 heteroatoms. The summed E-state index contributed by atoms with van der Waals surface area (Å²) in [4.78, 5) is 0. The van der Waals surface area contributed by atoms with Gasteiger partial charge in [-0.1, -0.05) is 34.1 Å². The predicted molar refractivity (Wildman–Crippen MR) is 81.6 cm³/mol. The molecule has 1 saturated heterocycles. The molecule has 1 unspecified atom stereocenters. The van der Waals surface area contributed by atoms with Crippen molar-refractivity contribution in [1.29, 1.82) is 0 Å². The highest BCUT2D eigenvalue weighted by molar-refractivity contribution is 6.64. The molecule has 1 aliphatic rings. The Hall–Kier alpha value is 0.0748. The predicted octanol–water partition coefficient (Wildman–Crippen LogP) is 0.572. The highest BCUT2D eigenvalue weighted by Gasteiger charge is 2.26. The van der Waals surface area contributed by atoms with Gasteiger partial charge < -0.3 is 14.2 Å². The first kappa shape index (κ1) is 15.1. The van der Waals surface area contributed by atoms with Crippen molar-refractivity contribution in [2.45, 2.75) is 47.0 Å². The van der Waals surface area contributed by atoms with Gasteiger partial charge in [-0.25, -0.2) is 0 Å². The van der Waals surface area contributed by atoms with Crippen molar-refractivity contribution in [3.63, 3.8) is 0 Å². The Morgan fingerprint density at radius 1 is 0.824 bits per heavy atom. The summed E-state index contributed by atoms with van der Waals surface area (Å²) in [5, 5.41) is 0. The van der Waals surface area contributed by atoms with Gasteiger partial charge >= 0.3 is 0 Å². The minimum absolute atomic E-state index is 0.819. The summed E-state index contributed by atoms with van der Waals surface area (Å²) >= 11 is 0. The van der Waals surface area contributed by atoms with Crippen LogP contribution >= 0.6 is 0 Å². The molecule has 96 valence electrons. The summed E-state index contributed by atoms with van der Waals surface area (Å²) in [5.74, 6) is 0.819. The molecular weight excluding hydrogens is 207 g/mol. The molecule has 0 aromatic carbocycles. The van der Waals surface area contributed by atoms with Crippen LogP contribution in [0.3, 0.4) is 0 Å². The lowest BCUT2D eigenvalue weighted by Gasteiger charge is -2.41. The van der Waals surface area contributed by atoms with Crippen LogP contribution in [0.2, 0.25) is 0 Å². The van der Waals surface area contributed by atoms with Crippen LogP contribution in [0.5, 0.6) is 0 Å². The monoisotopic (exact) mass is 235 g/mol. The summed E-state index contributed by atoms with van der Waals surface area (Å²) in [6.45, 7) is 12.9. The average Bonchev–Trinajstić information content (AvgIpc) is 2.29. The van der Waals surface area contributed by atoms with E-state index < -0.39 is 0 Å². The highest BCUT2D eigenvalue weighted by atomic mass is 15.3. The molecule has 0 aromatic heterocycles. The molecule has 1 atom stereocenters. The van der Waals surface area contributed by atoms with Crippen LogP contribution in [0.25, 0.3) is 0 Å². The standard InChI is InChI=1S/C11H28B3N3/c1-5-8-15-12-16(9-6-2)14-17(13-15)10-11(4)7-3/h11-14H,5-10H2,1-4H3. The Morgan fingerprint density at radius 3 is 1.71 bits per heavy atom. The van der Waals surface area contributed by atoms with Gasteiger partial charge in [0.05, 0.1) is 0 Å². The second kappa shape index (κ2) is 8.22. The molecule has 0 amide bonds. The van der Waals surface area contributed by atoms with Crippen molar-refractivity contribution in [3.05, 3.63) is 0 Å². The van der Waals surface area contributed by atoms with Crippen molar-refractivity contribution in [3.8, 4) is 0 Å². The molecule has 3 nitrogen and oxygen atoms in total. The molecule has 0 saturated carbocycles. The van der Waals surface area contributed by atoms with E-state index in [1.54, 1.807) is 0 Å². The van der Waals surface area contributed by atoms with Crippen LogP contribution < -0.4 is 0 Å². The van der Waals surface area contributed by atoms with Crippen LogP contribution in [0.15, 0.2) is 0 Å². The zero-order chi connectivity index (χ0) is 12.7. The number of nitrogens with zero attached hydrogens (tertiary/aromatic N) is 3. The highest BCUT2D eigenvalue weighted by Crippen LogP contribution is 2.08. The first-order chi connectivity index (χ1) is 8.19. The molecule has 0 aliphatic carbocycles. The number of hydrogen-bond acceptors (Lipinski definition) is 3. The van der Waals surface area contributed by atoms with E-state index in [-0.39, 0.29) is 0 Å². The van der Waals surface area contributed by atoms with Crippen LogP contribution in [-0.2, 0) is 0 Å². The Bertz CT molecular complexity index is 192. The zero-order valence-electron chi connectivity index (χ0n) is 12.3. The smallest absolute Gasteiger partial charge is 0.270 e. The van der Waals surface area contributed by atoms with E-state index in [0.717, 1.165) is 5.92 Å². The normalized spacial score (nSPS) is 20.5. The second-order valence-corrected chi connectivity index (χ2v) is 5.58. The molecule has 0 radical (unpaired) electrons.